The minimum absolute atomic E-state index is 0.216. The molecule has 0 radical (unpaired) electrons. The van der Waals surface area contributed by atoms with E-state index in [1.165, 1.54) is 59.2 Å². The third kappa shape index (κ3) is 5.85. The zero-order chi connectivity index (χ0) is 13.4. The number of rotatable bonds is 9. The lowest BCUT2D eigenvalue weighted by atomic mass is 10.0. The van der Waals surface area contributed by atoms with E-state index in [1.807, 2.05) is 11.3 Å². The van der Waals surface area contributed by atoms with Crippen molar-refractivity contribution >= 4 is 27.3 Å². The average molecular weight is 332 g/mol. The average Bonchev–Trinajstić information content (AvgIpc) is 2.67. The van der Waals surface area contributed by atoms with Crippen molar-refractivity contribution in [3.05, 3.63) is 20.3 Å². The van der Waals surface area contributed by atoms with Gasteiger partial charge in [-0.3, -0.25) is 0 Å². The third-order valence-corrected chi connectivity index (χ3v) is 5.39. The molecule has 0 fully saturated rings. The first-order valence-electron chi connectivity index (χ1n) is 7.16. The van der Waals surface area contributed by atoms with E-state index in [9.17, 15) is 0 Å². The van der Waals surface area contributed by atoms with Gasteiger partial charge in [0.2, 0.25) is 0 Å². The van der Waals surface area contributed by atoms with Crippen LogP contribution in [0, 0.1) is 6.92 Å². The molecule has 1 aromatic heterocycles. The molecule has 1 unspecified atom stereocenters. The largest absolute Gasteiger partial charge is 0.323 e. The molecule has 3 heteroatoms. The summed E-state index contributed by atoms with van der Waals surface area (Å²) in [5, 5.41) is 0. The Morgan fingerprint density at radius 1 is 1.17 bits per heavy atom. The molecule has 18 heavy (non-hydrogen) atoms. The van der Waals surface area contributed by atoms with Gasteiger partial charge >= 0.3 is 0 Å². The molecule has 1 atom stereocenters. The molecular formula is C15H26BrNS. The van der Waals surface area contributed by atoms with Crippen LogP contribution in [0.25, 0.3) is 0 Å². The van der Waals surface area contributed by atoms with Gasteiger partial charge in [-0.05, 0) is 35.3 Å². The van der Waals surface area contributed by atoms with Crippen LogP contribution in [0.2, 0.25) is 0 Å². The number of thiophene rings is 1. The van der Waals surface area contributed by atoms with Crippen molar-refractivity contribution in [2.24, 2.45) is 5.73 Å². The van der Waals surface area contributed by atoms with Gasteiger partial charge in [-0.15, -0.1) is 11.3 Å². The van der Waals surface area contributed by atoms with Gasteiger partial charge < -0.3 is 5.73 Å². The van der Waals surface area contributed by atoms with Crippen LogP contribution >= 0.6 is 27.3 Å². The summed E-state index contributed by atoms with van der Waals surface area (Å²) in [4.78, 5) is 2.66. The van der Waals surface area contributed by atoms with Crippen LogP contribution in [-0.2, 0) is 0 Å². The zero-order valence-corrected chi connectivity index (χ0v) is 14.1. The number of hydrogen-bond donors (Lipinski definition) is 1. The first-order valence-corrected chi connectivity index (χ1v) is 8.77. The van der Waals surface area contributed by atoms with Crippen molar-refractivity contribution in [1.29, 1.82) is 0 Å². The summed E-state index contributed by atoms with van der Waals surface area (Å²) in [6.07, 6.45) is 10.6. The second-order valence-electron chi connectivity index (χ2n) is 5.09. The van der Waals surface area contributed by atoms with Crippen LogP contribution in [0.5, 0.6) is 0 Å². The lowest BCUT2D eigenvalue weighted by molar-refractivity contribution is 0.543. The van der Waals surface area contributed by atoms with Gasteiger partial charge in [-0.2, -0.15) is 0 Å². The van der Waals surface area contributed by atoms with Crippen molar-refractivity contribution in [1.82, 2.24) is 0 Å². The molecule has 104 valence electrons. The lowest BCUT2D eigenvalue weighted by Gasteiger charge is -2.10. The van der Waals surface area contributed by atoms with Gasteiger partial charge in [-0.25, -0.2) is 0 Å². The van der Waals surface area contributed by atoms with Gasteiger partial charge in [0.15, 0.2) is 0 Å². The number of unbranched alkanes of at least 4 members (excludes halogenated alkanes) is 6. The van der Waals surface area contributed by atoms with Crippen molar-refractivity contribution in [3.8, 4) is 0 Å². The Labute approximate surface area is 124 Å². The summed E-state index contributed by atoms with van der Waals surface area (Å²) in [5.74, 6) is 0. The van der Waals surface area contributed by atoms with Gasteiger partial charge in [0, 0.05) is 20.3 Å². The Balaban J connectivity index is 2.14. The van der Waals surface area contributed by atoms with Gasteiger partial charge in [-0.1, -0.05) is 51.9 Å². The predicted octanol–water partition coefficient (Wildman–Crippen LogP) is 5.96. The summed E-state index contributed by atoms with van der Waals surface area (Å²) in [5.41, 5.74) is 6.25. The molecule has 1 rings (SSSR count). The van der Waals surface area contributed by atoms with Gasteiger partial charge in [0.05, 0.1) is 0 Å². The minimum atomic E-state index is 0.216. The highest BCUT2D eigenvalue weighted by Crippen LogP contribution is 2.33. The standard InChI is InChI=1S/C15H26BrNS/c1-3-4-5-6-7-8-9-10-14(17)15-13(16)11-12(2)18-15/h11,14H,3-10,17H2,1-2H3. The van der Waals surface area contributed by atoms with Crippen LogP contribution in [0.1, 0.15) is 74.1 Å². The number of aryl methyl sites for hydroxylation is 1. The number of halogens is 1. The summed E-state index contributed by atoms with van der Waals surface area (Å²) in [7, 11) is 0. The normalized spacial score (nSPS) is 12.9. The lowest BCUT2D eigenvalue weighted by Crippen LogP contribution is -2.08. The molecule has 1 nitrogen and oxygen atoms in total. The van der Waals surface area contributed by atoms with Crippen molar-refractivity contribution in [2.45, 2.75) is 71.3 Å². The van der Waals surface area contributed by atoms with Crippen molar-refractivity contribution < 1.29 is 0 Å². The van der Waals surface area contributed by atoms with Crippen molar-refractivity contribution in [2.75, 3.05) is 0 Å². The van der Waals surface area contributed by atoms with Crippen LogP contribution < -0.4 is 5.73 Å². The van der Waals surface area contributed by atoms with Crippen LogP contribution in [0.4, 0.5) is 0 Å². The highest BCUT2D eigenvalue weighted by molar-refractivity contribution is 9.10. The molecule has 0 aliphatic heterocycles. The van der Waals surface area contributed by atoms with Crippen LogP contribution in [0.15, 0.2) is 10.5 Å². The first-order chi connectivity index (χ1) is 8.65. The maximum atomic E-state index is 6.25. The highest BCUT2D eigenvalue weighted by atomic mass is 79.9. The smallest absolute Gasteiger partial charge is 0.0401 e. The van der Waals surface area contributed by atoms with Crippen molar-refractivity contribution in [3.63, 3.8) is 0 Å². The molecular weight excluding hydrogens is 306 g/mol. The Morgan fingerprint density at radius 2 is 1.78 bits per heavy atom. The van der Waals surface area contributed by atoms with Crippen LogP contribution in [0.3, 0.4) is 0 Å². The van der Waals surface area contributed by atoms with E-state index in [-0.39, 0.29) is 6.04 Å². The maximum Gasteiger partial charge on any atom is 0.0401 e. The van der Waals surface area contributed by atoms with Gasteiger partial charge in [0.1, 0.15) is 0 Å². The Morgan fingerprint density at radius 3 is 2.33 bits per heavy atom. The fourth-order valence-electron chi connectivity index (χ4n) is 2.21. The first kappa shape index (κ1) is 16.2. The molecule has 1 heterocycles. The predicted molar refractivity (Wildman–Crippen MR) is 86.3 cm³/mol. The SMILES string of the molecule is CCCCCCCCCC(N)c1sc(C)cc1Br. The molecule has 0 saturated carbocycles. The Kier molecular flexibility index (Phi) is 8.20. The molecule has 0 aliphatic carbocycles. The molecule has 0 aromatic carbocycles. The zero-order valence-electron chi connectivity index (χ0n) is 11.7. The summed E-state index contributed by atoms with van der Waals surface area (Å²) >= 11 is 5.42. The summed E-state index contributed by atoms with van der Waals surface area (Å²) in [6.45, 7) is 4.40. The minimum Gasteiger partial charge on any atom is -0.323 e. The summed E-state index contributed by atoms with van der Waals surface area (Å²) < 4.78 is 1.19. The topological polar surface area (TPSA) is 26.0 Å². The Bertz CT molecular complexity index is 335. The van der Waals surface area contributed by atoms with E-state index in [0.717, 1.165) is 6.42 Å². The molecule has 0 saturated heterocycles. The molecule has 0 aliphatic rings. The fourth-order valence-corrected chi connectivity index (χ4v) is 4.19. The maximum absolute atomic E-state index is 6.25. The van der Waals surface area contributed by atoms with E-state index in [1.54, 1.807) is 0 Å². The highest BCUT2D eigenvalue weighted by Gasteiger charge is 2.12. The molecule has 1 aromatic rings. The number of nitrogens with two attached hydrogens (primary N) is 1. The van der Waals surface area contributed by atoms with E-state index in [2.05, 4.69) is 35.8 Å². The molecule has 0 bridgehead atoms. The molecule has 0 amide bonds. The van der Waals surface area contributed by atoms with Gasteiger partial charge in [0.25, 0.3) is 0 Å². The third-order valence-electron chi connectivity index (χ3n) is 3.29. The molecule has 0 spiro atoms. The van der Waals surface area contributed by atoms with E-state index >= 15 is 0 Å². The van der Waals surface area contributed by atoms with Crippen LogP contribution in [-0.4, -0.2) is 0 Å². The quantitative estimate of drug-likeness (QED) is 0.555. The van der Waals surface area contributed by atoms with E-state index in [0.29, 0.717) is 0 Å². The monoisotopic (exact) mass is 331 g/mol. The van der Waals surface area contributed by atoms with E-state index in [4.69, 9.17) is 5.73 Å². The summed E-state index contributed by atoms with van der Waals surface area (Å²) in [6, 6.07) is 2.39. The Hall–Kier alpha value is 0.140. The molecule has 2 N–H and O–H groups in total. The second-order valence-corrected chi connectivity index (χ2v) is 7.23. The second kappa shape index (κ2) is 9.11. The fraction of sp³-hybridized carbons (Fsp3) is 0.733. The number of hydrogen-bond acceptors (Lipinski definition) is 2. The van der Waals surface area contributed by atoms with E-state index < -0.39 is 0 Å².